The maximum absolute atomic E-state index is 13.7. The fourth-order valence-corrected chi connectivity index (χ4v) is 6.92. The monoisotopic (exact) mass is 701 g/mol. The number of rotatable bonds is 13. The van der Waals surface area contributed by atoms with Gasteiger partial charge in [0, 0.05) is 49.8 Å². The molecule has 50 heavy (non-hydrogen) atoms. The van der Waals surface area contributed by atoms with E-state index in [1.165, 1.54) is 23.1 Å². The summed E-state index contributed by atoms with van der Waals surface area (Å²) in [6.45, 7) is 4.49. The number of H-pyrrole nitrogens is 1. The van der Waals surface area contributed by atoms with E-state index in [9.17, 15) is 14.4 Å². The van der Waals surface area contributed by atoms with Crippen molar-refractivity contribution in [3.63, 3.8) is 0 Å². The largest absolute Gasteiger partial charge is 0.494 e. The van der Waals surface area contributed by atoms with Gasteiger partial charge in [0.15, 0.2) is 5.13 Å². The summed E-state index contributed by atoms with van der Waals surface area (Å²) in [5.74, 6) is -0.255. The van der Waals surface area contributed by atoms with Gasteiger partial charge in [-0.25, -0.2) is 4.98 Å². The first-order valence-corrected chi connectivity index (χ1v) is 17.9. The van der Waals surface area contributed by atoms with Crippen molar-refractivity contribution in [1.82, 2.24) is 15.3 Å². The first-order valence-electron chi connectivity index (χ1n) is 16.1. The molecule has 4 aromatic carbocycles. The number of ether oxygens (including phenoxy) is 1. The van der Waals surface area contributed by atoms with Crippen molar-refractivity contribution in [1.29, 1.82) is 0 Å². The Labute approximate surface area is 298 Å². The van der Waals surface area contributed by atoms with Crippen molar-refractivity contribution < 1.29 is 19.1 Å². The number of thioether (sulfide) groups is 1. The van der Waals surface area contributed by atoms with Crippen LogP contribution < -0.4 is 20.7 Å². The summed E-state index contributed by atoms with van der Waals surface area (Å²) in [5.41, 5.74) is 4.41. The van der Waals surface area contributed by atoms with Crippen molar-refractivity contribution in [3.8, 4) is 17.0 Å². The first kappa shape index (κ1) is 34.2. The lowest BCUT2D eigenvalue weighted by Gasteiger charge is -2.15. The van der Waals surface area contributed by atoms with Gasteiger partial charge in [-0.1, -0.05) is 49.4 Å². The van der Waals surface area contributed by atoms with Crippen LogP contribution in [0.3, 0.4) is 0 Å². The number of thiazole rings is 1. The van der Waals surface area contributed by atoms with Crippen molar-refractivity contribution in [2.24, 2.45) is 0 Å². The molecule has 6 aromatic rings. The number of carbonyl (C=O) groups is 3. The highest BCUT2D eigenvalue weighted by molar-refractivity contribution is 8.00. The average Bonchev–Trinajstić information content (AvgIpc) is 3.78. The Kier molecular flexibility index (Phi) is 11.1. The van der Waals surface area contributed by atoms with Gasteiger partial charge in [0.1, 0.15) is 11.4 Å². The number of aromatic amines is 1. The molecule has 9 nitrogen and oxygen atoms in total. The third-order valence-corrected chi connectivity index (χ3v) is 9.79. The highest BCUT2D eigenvalue weighted by atomic mass is 32.2. The van der Waals surface area contributed by atoms with Crippen LogP contribution in [0.25, 0.3) is 28.2 Å². The van der Waals surface area contributed by atoms with Gasteiger partial charge in [0.2, 0.25) is 5.91 Å². The predicted molar refractivity (Wildman–Crippen MR) is 203 cm³/mol. The molecule has 0 fully saturated rings. The Morgan fingerprint density at radius 3 is 2.48 bits per heavy atom. The summed E-state index contributed by atoms with van der Waals surface area (Å²) in [6, 6.07) is 31.4. The number of fused-ring (bicyclic) bond motifs is 1. The molecule has 4 N–H and O–H groups in total. The Morgan fingerprint density at radius 2 is 1.70 bits per heavy atom. The maximum Gasteiger partial charge on any atom is 0.272 e. The first-order chi connectivity index (χ1) is 24.4. The van der Waals surface area contributed by atoms with E-state index in [-0.39, 0.29) is 11.6 Å². The summed E-state index contributed by atoms with van der Waals surface area (Å²) in [4.78, 5) is 48.8. The Morgan fingerprint density at radius 1 is 0.920 bits per heavy atom. The molecular formula is C39H35N5O4S2. The molecule has 0 saturated heterocycles. The molecule has 6 rings (SSSR count). The zero-order valence-corrected chi connectivity index (χ0v) is 29.1. The van der Waals surface area contributed by atoms with E-state index in [2.05, 4.69) is 25.9 Å². The van der Waals surface area contributed by atoms with Gasteiger partial charge in [0.25, 0.3) is 11.8 Å². The van der Waals surface area contributed by atoms with Gasteiger partial charge in [-0.05, 0) is 80.1 Å². The molecule has 3 amide bonds. The van der Waals surface area contributed by atoms with Gasteiger partial charge in [-0.15, -0.1) is 23.1 Å². The van der Waals surface area contributed by atoms with Gasteiger partial charge >= 0.3 is 0 Å². The number of hydrogen-bond acceptors (Lipinski definition) is 7. The second kappa shape index (κ2) is 16.2. The van der Waals surface area contributed by atoms with Gasteiger partial charge in [-0.3, -0.25) is 14.4 Å². The Hall–Kier alpha value is -5.65. The molecule has 0 aliphatic rings. The quantitative estimate of drug-likeness (QED) is 0.0706. The molecule has 252 valence electrons. The van der Waals surface area contributed by atoms with Crippen LogP contribution in [0.5, 0.6) is 5.75 Å². The number of para-hydroxylation sites is 1. The van der Waals surface area contributed by atoms with Crippen LogP contribution >= 0.6 is 23.1 Å². The molecule has 1 atom stereocenters. The zero-order valence-electron chi connectivity index (χ0n) is 27.4. The Balaban J connectivity index is 1.14. The molecule has 0 saturated carbocycles. The number of carbonyl (C=O) groups excluding carboxylic acids is 3. The second-order valence-corrected chi connectivity index (χ2v) is 13.3. The Bertz CT molecular complexity index is 2140. The molecule has 0 bridgehead atoms. The summed E-state index contributed by atoms with van der Waals surface area (Å²) >= 11 is 2.77. The van der Waals surface area contributed by atoms with E-state index in [0.29, 0.717) is 29.4 Å². The second-order valence-electron chi connectivity index (χ2n) is 11.1. The number of hydrogen-bond donors (Lipinski definition) is 4. The fourth-order valence-electron chi connectivity index (χ4n) is 5.18. The highest BCUT2D eigenvalue weighted by Gasteiger charge is 2.21. The van der Waals surface area contributed by atoms with E-state index >= 15 is 0 Å². The minimum absolute atomic E-state index is 0.0838. The number of amides is 3. The van der Waals surface area contributed by atoms with Gasteiger partial charge in [-0.2, -0.15) is 0 Å². The molecule has 0 aliphatic carbocycles. The summed E-state index contributed by atoms with van der Waals surface area (Å²) in [5, 5.41) is 11.6. The van der Waals surface area contributed by atoms with Crippen LogP contribution in [0.1, 0.15) is 36.2 Å². The number of anilines is 2. The van der Waals surface area contributed by atoms with Crippen LogP contribution in [0, 0.1) is 0 Å². The van der Waals surface area contributed by atoms with Crippen molar-refractivity contribution in [3.05, 3.63) is 132 Å². The lowest BCUT2D eigenvalue weighted by molar-refractivity contribution is -0.116. The average molecular weight is 702 g/mol. The molecule has 2 heterocycles. The van der Waals surface area contributed by atoms with E-state index in [0.717, 1.165) is 38.4 Å². The van der Waals surface area contributed by atoms with Crippen LogP contribution in [0.2, 0.25) is 0 Å². The summed E-state index contributed by atoms with van der Waals surface area (Å²) < 4.78 is 5.52. The summed E-state index contributed by atoms with van der Waals surface area (Å²) in [6.07, 6.45) is 4.03. The van der Waals surface area contributed by atoms with E-state index in [4.69, 9.17) is 4.74 Å². The highest BCUT2D eigenvalue weighted by Crippen LogP contribution is 2.31. The standard InChI is InChI=1S/C39H35N5O4S2/c1-3-35(38(47)44-39-43-34(24-49-39)25-17-19-29(20-18-25)48-4-2)50-30-14-10-13-28(22-30)41-37(46)33(42-36(45)26-11-6-5-7-12-26)21-27-23-40-32-16-9-8-15-31(27)32/h5-24,35,40H,3-4H2,1-2H3,(H,41,46)(H,42,45)(H,43,44,47)/b33-21-. The third kappa shape index (κ3) is 8.49. The van der Waals surface area contributed by atoms with E-state index < -0.39 is 17.1 Å². The maximum atomic E-state index is 13.7. The number of nitrogens with one attached hydrogen (secondary N) is 4. The molecule has 2 aromatic heterocycles. The molecule has 1 unspecified atom stereocenters. The lowest BCUT2D eigenvalue weighted by Crippen LogP contribution is -2.30. The van der Waals surface area contributed by atoms with Crippen molar-refractivity contribution in [2.75, 3.05) is 17.2 Å². The lowest BCUT2D eigenvalue weighted by atomic mass is 10.1. The number of benzene rings is 4. The van der Waals surface area contributed by atoms with Crippen molar-refractivity contribution >= 4 is 68.6 Å². The topological polar surface area (TPSA) is 125 Å². The van der Waals surface area contributed by atoms with Crippen LogP contribution in [-0.2, 0) is 9.59 Å². The zero-order chi connectivity index (χ0) is 34.9. The van der Waals surface area contributed by atoms with Crippen LogP contribution in [0.15, 0.2) is 125 Å². The molecule has 0 spiro atoms. The minimum Gasteiger partial charge on any atom is -0.494 e. The van der Waals surface area contributed by atoms with Gasteiger partial charge < -0.3 is 25.7 Å². The third-order valence-electron chi connectivity index (χ3n) is 7.68. The normalized spacial score (nSPS) is 11.9. The SMILES string of the molecule is CCOc1ccc(-c2csc(NC(=O)C(CC)Sc3cccc(NC(=O)/C(=C/c4c[nH]c5ccccc45)NC(=O)c4ccccc4)c3)n2)cc1. The minimum atomic E-state index is -0.487. The number of aromatic nitrogens is 2. The molecular weight excluding hydrogens is 667 g/mol. The molecule has 11 heteroatoms. The van der Waals surface area contributed by atoms with Crippen LogP contribution in [-0.4, -0.2) is 39.5 Å². The fraction of sp³-hybridized carbons (Fsp3) is 0.128. The van der Waals surface area contributed by atoms with E-state index in [1.54, 1.807) is 42.6 Å². The van der Waals surface area contributed by atoms with Gasteiger partial charge in [0.05, 0.1) is 17.6 Å². The van der Waals surface area contributed by atoms with Crippen molar-refractivity contribution in [2.45, 2.75) is 30.4 Å². The summed E-state index contributed by atoms with van der Waals surface area (Å²) in [7, 11) is 0. The van der Waals surface area contributed by atoms with E-state index in [1.807, 2.05) is 92.0 Å². The smallest absolute Gasteiger partial charge is 0.272 e. The number of nitrogens with zero attached hydrogens (tertiary/aromatic N) is 1. The molecule has 0 radical (unpaired) electrons. The predicted octanol–water partition coefficient (Wildman–Crippen LogP) is 8.61. The van der Waals surface area contributed by atoms with Crippen LogP contribution in [0.4, 0.5) is 10.8 Å². The molecule has 0 aliphatic heterocycles.